The Balaban J connectivity index is 2.21. The fourth-order valence-electron chi connectivity index (χ4n) is 1.57. The molecule has 2 rings (SSSR count). The topological polar surface area (TPSA) is 72.2 Å². The number of rotatable bonds is 5. The van der Waals surface area contributed by atoms with E-state index in [0.717, 1.165) is 10.9 Å². The van der Waals surface area contributed by atoms with Gasteiger partial charge in [0.1, 0.15) is 10.7 Å². The molecule has 3 N–H and O–H groups in total. The number of nitrogens with two attached hydrogens (primary N) is 1. The molecule has 0 atom stereocenters. The van der Waals surface area contributed by atoms with Crippen molar-refractivity contribution >= 4 is 33.0 Å². The minimum absolute atomic E-state index is 0.0615. The number of thiophene rings is 1. The maximum absolute atomic E-state index is 13.7. The lowest BCUT2D eigenvalue weighted by Gasteiger charge is -2.08. The third kappa shape index (κ3) is 3.56. The van der Waals surface area contributed by atoms with Crippen LogP contribution in [0.3, 0.4) is 0 Å². The van der Waals surface area contributed by atoms with E-state index >= 15 is 0 Å². The summed E-state index contributed by atoms with van der Waals surface area (Å²) in [6, 6.07) is 7.17. The summed E-state index contributed by atoms with van der Waals surface area (Å²) in [5.41, 5.74) is 5.98. The Morgan fingerprint density at radius 1 is 1.30 bits per heavy atom. The number of hydrogen-bond acceptors (Lipinski definition) is 4. The Hall–Kier alpha value is -0.990. The maximum atomic E-state index is 13.7. The van der Waals surface area contributed by atoms with Crippen molar-refractivity contribution in [3.63, 3.8) is 0 Å². The van der Waals surface area contributed by atoms with E-state index in [9.17, 15) is 12.8 Å². The minimum Gasteiger partial charge on any atom is -0.326 e. The molecule has 0 bridgehead atoms. The SMILES string of the molecule is NCc1ccc(F)c(S(=O)(=O)NCc2ccc(Cl)s2)c1. The number of hydrogen-bond donors (Lipinski definition) is 2. The summed E-state index contributed by atoms with van der Waals surface area (Å²) in [6.45, 7) is 0.204. The molecule has 0 unspecified atom stereocenters. The van der Waals surface area contributed by atoms with Gasteiger partial charge in [-0.1, -0.05) is 17.7 Å². The van der Waals surface area contributed by atoms with Gasteiger partial charge in [0.2, 0.25) is 10.0 Å². The molecule has 20 heavy (non-hydrogen) atoms. The van der Waals surface area contributed by atoms with E-state index in [0.29, 0.717) is 9.90 Å². The first-order chi connectivity index (χ1) is 9.42. The molecule has 2 aromatic rings. The average molecular weight is 335 g/mol. The number of nitrogens with one attached hydrogen (secondary N) is 1. The molecule has 0 saturated heterocycles. The van der Waals surface area contributed by atoms with Crippen molar-refractivity contribution in [3.8, 4) is 0 Å². The minimum atomic E-state index is -3.93. The van der Waals surface area contributed by atoms with E-state index in [2.05, 4.69) is 4.72 Å². The normalized spacial score (nSPS) is 11.8. The summed E-state index contributed by atoms with van der Waals surface area (Å²) in [5.74, 6) is -0.807. The van der Waals surface area contributed by atoms with Gasteiger partial charge in [0.25, 0.3) is 0 Å². The molecule has 0 saturated carbocycles. The molecule has 0 amide bonds. The summed E-state index contributed by atoms with van der Waals surface area (Å²) in [4.78, 5) is 0.345. The Labute approximate surface area is 125 Å². The van der Waals surface area contributed by atoms with Crippen molar-refractivity contribution < 1.29 is 12.8 Å². The van der Waals surface area contributed by atoms with Crippen molar-refractivity contribution in [2.24, 2.45) is 5.73 Å². The Bertz CT molecular complexity index is 716. The molecular formula is C12H12ClFN2O2S2. The van der Waals surface area contributed by atoms with E-state index in [1.54, 1.807) is 12.1 Å². The summed E-state index contributed by atoms with van der Waals surface area (Å²) in [5, 5.41) is 0. The lowest BCUT2D eigenvalue weighted by atomic mass is 10.2. The lowest BCUT2D eigenvalue weighted by Crippen LogP contribution is -2.24. The molecule has 0 radical (unpaired) electrons. The van der Waals surface area contributed by atoms with E-state index in [-0.39, 0.29) is 13.1 Å². The highest BCUT2D eigenvalue weighted by Crippen LogP contribution is 2.22. The van der Waals surface area contributed by atoms with Crippen molar-refractivity contribution in [3.05, 3.63) is 50.9 Å². The summed E-state index contributed by atoms with van der Waals surface area (Å²) < 4.78 is 40.7. The highest BCUT2D eigenvalue weighted by Gasteiger charge is 2.19. The average Bonchev–Trinajstić information content (AvgIpc) is 2.83. The van der Waals surface area contributed by atoms with Gasteiger partial charge < -0.3 is 5.73 Å². The van der Waals surface area contributed by atoms with Crippen LogP contribution in [0.5, 0.6) is 0 Å². The fraction of sp³-hybridized carbons (Fsp3) is 0.167. The Kier molecular flexibility index (Phi) is 4.77. The van der Waals surface area contributed by atoms with Crippen LogP contribution in [-0.2, 0) is 23.1 Å². The molecule has 0 spiro atoms. The van der Waals surface area contributed by atoms with Crippen LogP contribution in [0.15, 0.2) is 35.2 Å². The molecule has 8 heteroatoms. The Morgan fingerprint density at radius 3 is 2.65 bits per heavy atom. The molecule has 0 aliphatic carbocycles. The first-order valence-corrected chi connectivity index (χ1v) is 8.32. The van der Waals surface area contributed by atoms with Crippen LogP contribution in [0.1, 0.15) is 10.4 Å². The maximum Gasteiger partial charge on any atom is 0.243 e. The van der Waals surface area contributed by atoms with Gasteiger partial charge in [0, 0.05) is 18.0 Å². The van der Waals surface area contributed by atoms with Gasteiger partial charge in [-0.3, -0.25) is 0 Å². The predicted octanol–water partition coefficient (Wildman–Crippen LogP) is 2.48. The van der Waals surface area contributed by atoms with Crippen LogP contribution in [0, 0.1) is 5.82 Å². The van der Waals surface area contributed by atoms with Crippen LogP contribution < -0.4 is 10.5 Å². The predicted molar refractivity (Wildman–Crippen MR) is 77.6 cm³/mol. The second-order valence-electron chi connectivity index (χ2n) is 4.00. The van der Waals surface area contributed by atoms with Crippen molar-refractivity contribution in [2.45, 2.75) is 18.0 Å². The van der Waals surface area contributed by atoms with Crippen LogP contribution in [-0.4, -0.2) is 8.42 Å². The van der Waals surface area contributed by atoms with Gasteiger partial charge >= 0.3 is 0 Å². The van der Waals surface area contributed by atoms with Gasteiger partial charge in [-0.05, 0) is 29.8 Å². The van der Waals surface area contributed by atoms with Crippen molar-refractivity contribution in [2.75, 3.05) is 0 Å². The molecule has 1 aromatic heterocycles. The third-order valence-electron chi connectivity index (χ3n) is 2.59. The zero-order chi connectivity index (χ0) is 14.8. The Morgan fingerprint density at radius 2 is 2.05 bits per heavy atom. The quantitative estimate of drug-likeness (QED) is 0.882. The molecule has 0 aliphatic heterocycles. The van der Waals surface area contributed by atoms with E-state index < -0.39 is 20.7 Å². The standard InChI is InChI=1S/C12H12ClFN2O2S2/c13-12-4-2-9(19-12)7-16-20(17,18)11-5-8(6-15)1-3-10(11)14/h1-5,16H,6-7,15H2. The summed E-state index contributed by atoms with van der Waals surface area (Å²) >= 11 is 7.02. The number of benzene rings is 1. The van der Waals surface area contributed by atoms with Crippen LogP contribution in [0.2, 0.25) is 4.34 Å². The molecule has 1 aromatic carbocycles. The fourth-order valence-corrected chi connectivity index (χ4v) is 3.82. The van der Waals surface area contributed by atoms with Crippen molar-refractivity contribution in [1.29, 1.82) is 0 Å². The first kappa shape index (κ1) is 15.4. The second-order valence-corrected chi connectivity index (χ2v) is 7.53. The van der Waals surface area contributed by atoms with E-state index in [1.807, 2.05) is 0 Å². The zero-order valence-corrected chi connectivity index (χ0v) is 12.7. The summed E-state index contributed by atoms with van der Waals surface area (Å²) in [7, 11) is -3.93. The first-order valence-electron chi connectivity index (χ1n) is 5.65. The van der Waals surface area contributed by atoms with Gasteiger partial charge in [0.15, 0.2) is 0 Å². The monoisotopic (exact) mass is 334 g/mol. The molecular weight excluding hydrogens is 323 g/mol. The summed E-state index contributed by atoms with van der Waals surface area (Å²) in [6.07, 6.45) is 0. The van der Waals surface area contributed by atoms with Gasteiger partial charge in [-0.15, -0.1) is 11.3 Å². The molecule has 0 fully saturated rings. The third-order valence-corrected chi connectivity index (χ3v) is 5.23. The number of sulfonamides is 1. The van der Waals surface area contributed by atoms with Gasteiger partial charge in [0.05, 0.1) is 4.34 Å². The van der Waals surface area contributed by atoms with Crippen LogP contribution >= 0.6 is 22.9 Å². The van der Waals surface area contributed by atoms with E-state index in [4.69, 9.17) is 17.3 Å². The van der Waals surface area contributed by atoms with Crippen molar-refractivity contribution in [1.82, 2.24) is 4.72 Å². The second kappa shape index (κ2) is 6.19. The van der Waals surface area contributed by atoms with E-state index in [1.165, 1.54) is 23.5 Å². The lowest BCUT2D eigenvalue weighted by molar-refractivity contribution is 0.556. The van der Waals surface area contributed by atoms with Crippen LogP contribution in [0.25, 0.3) is 0 Å². The number of halogens is 2. The molecule has 4 nitrogen and oxygen atoms in total. The molecule has 0 aliphatic rings. The largest absolute Gasteiger partial charge is 0.326 e. The van der Waals surface area contributed by atoms with Crippen LogP contribution in [0.4, 0.5) is 4.39 Å². The highest BCUT2D eigenvalue weighted by molar-refractivity contribution is 7.89. The van der Waals surface area contributed by atoms with Gasteiger partial charge in [-0.25, -0.2) is 17.5 Å². The van der Waals surface area contributed by atoms with Gasteiger partial charge in [-0.2, -0.15) is 0 Å². The highest BCUT2D eigenvalue weighted by atomic mass is 35.5. The zero-order valence-electron chi connectivity index (χ0n) is 10.3. The molecule has 1 heterocycles. The smallest absolute Gasteiger partial charge is 0.243 e. The molecule has 108 valence electrons.